The Morgan fingerprint density at radius 2 is 2.14 bits per heavy atom. The number of nitrogens with two attached hydrogens (primary N) is 1. The Morgan fingerprint density at radius 3 is 2.57 bits per heavy atom. The molecular formula is C10H16N4O5S2. The van der Waals surface area contributed by atoms with Gasteiger partial charge >= 0.3 is 5.69 Å². The van der Waals surface area contributed by atoms with Crippen LogP contribution in [0.25, 0.3) is 0 Å². The maximum atomic E-state index is 12.5. The van der Waals surface area contributed by atoms with Gasteiger partial charge in [0.15, 0.2) is 5.00 Å². The second-order valence-corrected chi connectivity index (χ2v) is 7.74. The number of hydrogen-bond donors (Lipinski definition) is 2. The molecule has 3 N–H and O–H groups in total. The van der Waals surface area contributed by atoms with E-state index in [2.05, 4.69) is 5.43 Å². The molecule has 9 nitrogen and oxygen atoms in total. The molecule has 0 atom stereocenters. The highest BCUT2D eigenvalue weighted by Gasteiger charge is 2.33. The zero-order valence-corrected chi connectivity index (χ0v) is 12.9. The van der Waals surface area contributed by atoms with Crippen molar-refractivity contribution in [1.29, 1.82) is 0 Å². The first kappa shape index (κ1) is 16.1. The number of nitrogen functional groups attached to an aromatic ring is 1. The Balaban J connectivity index is 2.26. The zero-order chi connectivity index (χ0) is 15.6. The molecule has 0 amide bonds. The third kappa shape index (κ3) is 3.16. The van der Waals surface area contributed by atoms with E-state index in [1.165, 1.54) is 4.31 Å². The zero-order valence-electron chi connectivity index (χ0n) is 11.3. The van der Waals surface area contributed by atoms with Gasteiger partial charge in [0.1, 0.15) is 4.21 Å². The minimum absolute atomic E-state index is 0.0188. The van der Waals surface area contributed by atoms with Crippen LogP contribution in [0.1, 0.15) is 12.8 Å². The summed E-state index contributed by atoms with van der Waals surface area (Å²) < 4.78 is 31.4. The molecule has 2 rings (SSSR count). The SMILES string of the molecule is COC1CCN(S(=O)(=O)c2cc([N+](=O)[O-])c(NN)s2)CC1. The number of thiophene rings is 1. The molecule has 0 unspecified atom stereocenters. The van der Waals surface area contributed by atoms with E-state index >= 15 is 0 Å². The fourth-order valence-corrected chi connectivity index (χ4v) is 5.02. The molecule has 11 heteroatoms. The van der Waals surface area contributed by atoms with Gasteiger partial charge in [0.05, 0.1) is 11.0 Å². The standard InChI is InChI=1S/C10H16N4O5S2/c1-19-7-2-4-13(5-3-7)21(17,18)9-6-8(14(15)16)10(12-11)20-9/h6-7,12H,2-5,11H2,1H3. The quantitative estimate of drug-likeness (QED) is 0.461. The lowest BCUT2D eigenvalue weighted by Gasteiger charge is -2.29. The van der Waals surface area contributed by atoms with Crippen molar-refractivity contribution in [2.75, 3.05) is 25.6 Å². The summed E-state index contributed by atoms with van der Waals surface area (Å²) >= 11 is 0.756. The normalized spacial score (nSPS) is 17.8. The summed E-state index contributed by atoms with van der Waals surface area (Å²) in [5.41, 5.74) is 1.82. The molecule has 2 heterocycles. The van der Waals surface area contributed by atoms with Gasteiger partial charge in [-0.15, -0.1) is 0 Å². The number of sulfonamides is 1. The van der Waals surface area contributed by atoms with Crippen LogP contribution in [0.15, 0.2) is 10.3 Å². The molecule has 1 saturated heterocycles. The molecule has 0 bridgehead atoms. The van der Waals surface area contributed by atoms with Crippen molar-refractivity contribution in [3.8, 4) is 0 Å². The van der Waals surface area contributed by atoms with Crippen LogP contribution in [-0.2, 0) is 14.8 Å². The van der Waals surface area contributed by atoms with Gasteiger partial charge in [-0.1, -0.05) is 11.3 Å². The lowest BCUT2D eigenvalue weighted by atomic mass is 10.1. The number of hydrazine groups is 1. The Labute approximate surface area is 125 Å². The van der Waals surface area contributed by atoms with Crippen molar-refractivity contribution in [3.63, 3.8) is 0 Å². The molecule has 0 aromatic carbocycles. The van der Waals surface area contributed by atoms with Crippen LogP contribution in [0.4, 0.5) is 10.7 Å². The number of ether oxygens (including phenoxy) is 1. The second-order valence-electron chi connectivity index (χ2n) is 4.52. The predicted octanol–water partition coefficient (Wildman–Crippen LogP) is 0.741. The molecule has 1 aromatic rings. The van der Waals surface area contributed by atoms with E-state index in [9.17, 15) is 18.5 Å². The summed E-state index contributed by atoms with van der Waals surface area (Å²) in [7, 11) is -2.15. The molecule has 21 heavy (non-hydrogen) atoms. The summed E-state index contributed by atoms with van der Waals surface area (Å²) in [6.07, 6.45) is 1.26. The van der Waals surface area contributed by atoms with Crippen LogP contribution in [-0.4, -0.2) is 43.9 Å². The molecule has 0 radical (unpaired) electrons. The molecule has 0 aliphatic carbocycles. The van der Waals surface area contributed by atoms with Gasteiger partial charge in [-0.3, -0.25) is 10.1 Å². The second kappa shape index (κ2) is 6.23. The smallest absolute Gasteiger partial charge is 0.306 e. The maximum absolute atomic E-state index is 12.5. The van der Waals surface area contributed by atoms with Gasteiger partial charge in [0.2, 0.25) is 0 Å². The fourth-order valence-electron chi connectivity index (χ4n) is 2.16. The van der Waals surface area contributed by atoms with Crippen LogP contribution in [0.2, 0.25) is 0 Å². The van der Waals surface area contributed by atoms with Gasteiger partial charge in [0, 0.05) is 26.3 Å². The number of hydrogen-bond acceptors (Lipinski definition) is 8. The number of nitrogens with zero attached hydrogens (tertiary/aromatic N) is 2. The van der Waals surface area contributed by atoms with E-state index in [0.29, 0.717) is 25.9 Å². The third-order valence-corrected chi connectivity index (χ3v) is 6.75. The lowest BCUT2D eigenvalue weighted by molar-refractivity contribution is -0.383. The highest BCUT2D eigenvalue weighted by Crippen LogP contribution is 2.38. The van der Waals surface area contributed by atoms with Gasteiger partial charge < -0.3 is 10.2 Å². The molecule has 0 saturated carbocycles. The Morgan fingerprint density at radius 1 is 1.52 bits per heavy atom. The van der Waals surface area contributed by atoms with E-state index < -0.39 is 14.9 Å². The predicted molar refractivity (Wildman–Crippen MR) is 77.6 cm³/mol. The third-order valence-electron chi connectivity index (χ3n) is 3.35. The highest BCUT2D eigenvalue weighted by molar-refractivity contribution is 7.91. The summed E-state index contributed by atoms with van der Waals surface area (Å²) in [6.45, 7) is 0.663. The largest absolute Gasteiger partial charge is 0.381 e. The van der Waals surface area contributed by atoms with E-state index in [0.717, 1.165) is 17.4 Å². The van der Waals surface area contributed by atoms with Crippen LogP contribution in [0.3, 0.4) is 0 Å². The molecule has 1 fully saturated rings. The summed E-state index contributed by atoms with van der Waals surface area (Å²) in [6, 6.07) is 1.04. The van der Waals surface area contributed by atoms with Crippen molar-refractivity contribution in [2.45, 2.75) is 23.2 Å². The maximum Gasteiger partial charge on any atom is 0.306 e. The van der Waals surface area contributed by atoms with Crippen molar-refractivity contribution in [3.05, 3.63) is 16.2 Å². The monoisotopic (exact) mass is 336 g/mol. The fraction of sp³-hybridized carbons (Fsp3) is 0.600. The first-order valence-corrected chi connectivity index (χ1v) is 8.43. The number of nitro groups is 1. The van der Waals surface area contributed by atoms with Gasteiger partial charge in [-0.25, -0.2) is 14.3 Å². The Bertz CT molecular complexity index is 621. The van der Waals surface area contributed by atoms with E-state index in [4.69, 9.17) is 10.6 Å². The minimum atomic E-state index is -3.74. The van der Waals surface area contributed by atoms with E-state index in [-0.39, 0.29) is 21.0 Å². The highest BCUT2D eigenvalue weighted by atomic mass is 32.2. The van der Waals surface area contributed by atoms with Crippen LogP contribution >= 0.6 is 11.3 Å². The number of methoxy groups -OCH3 is 1. The van der Waals surface area contributed by atoms with Crippen molar-refractivity contribution >= 4 is 32.0 Å². The number of piperidine rings is 1. The Kier molecular flexibility index (Phi) is 4.78. The average molecular weight is 336 g/mol. The molecule has 0 spiro atoms. The lowest BCUT2D eigenvalue weighted by Crippen LogP contribution is -2.40. The van der Waals surface area contributed by atoms with Crippen LogP contribution in [0.5, 0.6) is 0 Å². The van der Waals surface area contributed by atoms with E-state index in [1.54, 1.807) is 7.11 Å². The molecule has 118 valence electrons. The van der Waals surface area contributed by atoms with Gasteiger partial charge in [0.25, 0.3) is 10.0 Å². The number of anilines is 1. The topological polar surface area (TPSA) is 128 Å². The molecule has 1 aromatic heterocycles. The first-order chi connectivity index (χ1) is 9.90. The van der Waals surface area contributed by atoms with Crippen LogP contribution < -0.4 is 11.3 Å². The summed E-state index contributed by atoms with van der Waals surface area (Å²) in [5.74, 6) is 5.19. The average Bonchev–Trinajstić information content (AvgIpc) is 2.92. The molecular weight excluding hydrogens is 320 g/mol. The minimum Gasteiger partial charge on any atom is -0.381 e. The summed E-state index contributed by atoms with van der Waals surface area (Å²) in [5, 5.41) is 10.9. The van der Waals surface area contributed by atoms with Gasteiger partial charge in [-0.05, 0) is 12.8 Å². The van der Waals surface area contributed by atoms with Crippen molar-refractivity contribution in [1.82, 2.24) is 4.31 Å². The molecule has 1 aliphatic rings. The van der Waals surface area contributed by atoms with E-state index in [1.807, 2.05) is 0 Å². The molecule has 1 aliphatic heterocycles. The number of nitrogens with one attached hydrogen (secondary N) is 1. The number of rotatable bonds is 5. The Hall–Kier alpha value is -1.27. The first-order valence-electron chi connectivity index (χ1n) is 6.18. The van der Waals surface area contributed by atoms with Crippen LogP contribution in [0, 0.1) is 10.1 Å². The van der Waals surface area contributed by atoms with Gasteiger partial charge in [-0.2, -0.15) is 4.31 Å². The summed E-state index contributed by atoms with van der Waals surface area (Å²) in [4.78, 5) is 10.2. The van der Waals surface area contributed by atoms with Crippen molar-refractivity contribution < 1.29 is 18.1 Å². The van der Waals surface area contributed by atoms with Crippen molar-refractivity contribution in [2.24, 2.45) is 5.84 Å².